The minimum atomic E-state index is -0.349. The highest BCUT2D eigenvalue weighted by Gasteiger charge is 2.17. The summed E-state index contributed by atoms with van der Waals surface area (Å²) in [5.74, 6) is 1.10. The fraction of sp³-hybridized carbons (Fsp3) is 0.275. The first-order valence-electron chi connectivity index (χ1n) is 16.0. The summed E-state index contributed by atoms with van der Waals surface area (Å²) in [7, 11) is 0. The number of hydrogen-bond donors (Lipinski definition) is 0. The van der Waals surface area contributed by atoms with E-state index in [1.165, 1.54) is 44.2 Å². The third-order valence-corrected chi connectivity index (χ3v) is 8.57. The van der Waals surface area contributed by atoms with Crippen molar-refractivity contribution in [1.29, 1.82) is 5.26 Å². The van der Waals surface area contributed by atoms with Gasteiger partial charge in [-0.2, -0.15) is 5.26 Å². The van der Waals surface area contributed by atoms with Crippen molar-refractivity contribution in [3.63, 3.8) is 0 Å². The molecule has 0 spiro atoms. The molecule has 45 heavy (non-hydrogen) atoms. The Kier molecular flexibility index (Phi) is 10.7. The Labute approximate surface area is 265 Å². The number of nitrogens with zero attached hydrogens (tertiary/aromatic N) is 3. The number of aryl methyl sites for hydroxylation is 2. The van der Waals surface area contributed by atoms with Crippen LogP contribution in [0.2, 0.25) is 0 Å². The Morgan fingerprint density at radius 2 is 1.53 bits per heavy atom. The molecule has 228 valence electrons. The van der Waals surface area contributed by atoms with E-state index in [1.54, 1.807) is 35.3 Å². The summed E-state index contributed by atoms with van der Waals surface area (Å²) in [4.78, 5) is 18.3. The number of aromatic nitrogens is 2. The van der Waals surface area contributed by atoms with Crippen LogP contribution in [0.15, 0.2) is 108 Å². The van der Waals surface area contributed by atoms with E-state index >= 15 is 0 Å². The van der Waals surface area contributed by atoms with Crippen LogP contribution in [0.3, 0.4) is 0 Å². The van der Waals surface area contributed by atoms with Crippen LogP contribution in [-0.4, -0.2) is 9.55 Å². The fourth-order valence-corrected chi connectivity index (χ4v) is 6.23. The molecule has 1 saturated carbocycles. The summed E-state index contributed by atoms with van der Waals surface area (Å²) in [5, 5.41) is 9.38. The van der Waals surface area contributed by atoms with Gasteiger partial charge in [0.25, 0.3) is 5.56 Å². The van der Waals surface area contributed by atoms with Gasteiger partial charge >= 0.3 is 0 Å². The van der Waals surface area contributed by atoms with Crippen molar-refractivity contribution in [2.75, 3.05) is 0 Å². The lowest BCUT2D eigenvalue weighted by Gasteiger charge is -2.21. The van der Waals surface area contributed by atoms with Crippen molar-refractivity contribution in [2.45, 2.75) is 71.1 Å². The Hall–Kier alpha value is -4.82. The van der Waals surface area contributed by atoms with E-state index in [1.807, 2.05) is 42.5 Å². The molecule has 1 fully saturated rings. The predicted octanol–water partition coefficient (Wildman–Crippen LogP) is 9.50. The summed E-state index contributed by atoms with van der Waals surface area (Å²) in [6.45, 7) is 3.86. The van der Waals surface area contributed by atoms with Gasteiger partial charge in [-0.15, -0.1) is 0 Å². The van der Waals surface area contributed by atoms with Crippen LogP contribution < -0.4 is 5.56 Å². The molecule has 0 saturated heterocycles. The number of nitriles is 1. The molecule has 6 rings (SSSR count). The van der Waals surface area contributed by atoms with Gasteiger partial charge in [0.1, 0.15) is 11.6 Å². The lowest BCUT2D eigenvalue weighted by atomic mass is 9.84. The van der Waals surface area contributed by atoms with Gasteiger partial charge in [-0.05, 0) is 84.7 Å². The second-order valence-electron chi connectivity index (χ2n) is 11.7. The quantitative estimate of drug-likeness (QED) is 0.188. The molecule has 0 unspecified atom stereocenters. The smallest absolute Gasteiger partial charge is 0.261 e. The maximum absolute atomic E-state index is 13.5. The molecule has 0 aliphatic heterocycles. The molecule has 0 N–H and O–H groups in total. The van der Waals surface area contributed by atoms with Crippen molar-refractivity contribution in [3.8, 4) is 22.9 Å². The highest BCUT2D eigenvalue weighted by Crippen LogP contribution is 2.32. The van der Waals surface area contributed by atoms with E-state index in [9.17, 15) is 14.4 Å². The number of benzene rings is 4. The molecule has 0 atom stereocenters. The van der Waals surface area contributed by atoms with Crippen LogP contribution >= 0.6 is 0 Å². The summed E-state index contributed by atoms with van der Waals surface area (Å²) in [6.07, 6.45) is 9.16. The van der Waals surface area contributed by atoms with Gasteiger partial charge in [0, 0.05) is 12.0 Å². The molecule has 1 heterocycles. The van der Waals surface area contributed by atoms with Crippen LogP contribution in [-0.2, 0) is 12.8 Å². The van der Waals surface area contributed by atoms with E-state index in [0.717, 1.165) is 34.7 Å². The number of rotatable bonds is 7. The zero-order valence-corrected chi connectivity index (χ0v) is 26.2. The Morgan fingerprint density at radius 3 is 2.20 bits per heavy atom. The molecule has 1 aliphatic carbocycles. The molecule has 4 aromatic carbocycles. The van der Waals surface area contributed by atoms with E-state index in [4.69, 9.17) is 4.98 Å². The van der Waals surface area contributed by atoms with E-state index in [-0.39, 0.29) is 11.4 Å². The van der Waals surface area contributed by atoms with Crippen molar-refractivity contribution in [2.24, 2.45) is 0 Å². The third-order valence-electron chi connectivity index (χ3n) is 8.57. The van der Waals surface area contributed by atoms with Crippen LogP contribution in [0.5, 0.6) is 0 Å². The largest absolute Gasteiger partial charge is 0.269 e. The highest BCUT2D eigenvalue weighted by atomic mass is 19.1. The molecule has 4 nitrogen and oxygen atoms in total. The zero-order valence-electron chi connectivity index (χ0n) is 26.2. The van der Waals surface area contributed by atoms with Gasteiger partial charge < -0.3 is 0 Å². The van der Waals surface area contributed by atoms with Crippen LogP contribution in [0, 0.1) is 24.1 Å². The fourth-order valence-electron chi connectivity index (χ4n) is 6.23. The highest BCUT2D eigenvalue weighted by molar-refractivity contribution is 5.70. The van der Waals surface area contributed by atoms with Crippen LogP contribution in [0.1, 0.15) is 85.1 Å². The molecular weight excluding hydrogens is 557 g/mol. The lowest BCUT2D eigenvalue weighted by molar-refractivity contribution is 0.443. The third kappa shape index (κ3) is 7.83. The molecule has 5 aromatic rings. The molecule has 1 aromatic heterocycles. The zero-order chi connectivity index (χ0) is 31.6. The van der Waals surface area contributed by atoms with Crippen LogP contribution in [0.4, 0.5) is 4.39 Å². The predicted molar refractivity (Wildman–Crippen MR) is 180 cm³/mol. The van der Waals surface area contributed by atoms with E-state index < -0.39 is 0 Å². The Morgan fingerprint density at radius 1 is 0.867 bits per heavy atom. The molecule has 0 bridgehead atoms. The first-order valence-corrected chi connectivity index (χ1v) is 16.0. The minimum absolute atomic E-state index is 0.128. The van der Waals surface area contributed by atoms with Crippen LogP contribution in [0.25, 0.3) is 16.8 Å². The SMILES string of the molecule is CCCc1nc(C)n(-c2ccc(F)cc2)c(=O)c1Cc1ccc(-c2ccccc2C#N)cc1.c1ccc(C2CCCCC2)cc1. The van der Waals surface area contributed by atoms with E-state index in [0.29, 0.717) is 35.5 Å². The number of hydrogen-bond acceptors (Lipinski definition) is 3. The Bertz CT molecular complexity index is 1800. The maximum atomic E-state index is 13.5. The second kappa shape index (κ2) is 15.3. The first kappa shape index (κ1) is 31.6. The van der Waals surface area contributed by atoms with Crippen molar-refractivity contribution in [3.05, 3.63) is 153 Å². The lowest BCUT2D eigenvalue weighted by Crippen LogP contribution is -2.28. The average molecular weight is 598 g/mol. The summed E-state index contributed by atoms with van der Waals surface area (Å²) in [5.41, 5.74) is 6.92. The molecule has 1 aliphatic rings. The van der Waals surface area contributed by atoms with Gasteiger partial charge in [-0.25, -0.2) is 9.37 Å². The van der Waals surface area contributed by atoms with Gasteiger partial charge in [-0.1, -0.05) is 105 Å². The van der Waals surface area contributed by atoms with Crippen molar-refractivity contribution >= 4 is 0 Å². The average Bonchev–Trinajstić information content (AvgIpc) is 3.09. The summed E-state index contributed by atoms with van der Waals surface area (Å²) >= 11 is 0. The molecule has 0 radical (unpaired) electrons. The van der Waals surface area contributed by atoms with Crippen molar-refractivity contribution < 1.29 is 4.39 Å². The minimum Gasteiger partial charge on any atom is -0.269 e. The van der Waals surface area contributed by atoms with Crippen molar-refractivity contribution in [1.82, 2.24) is 9.55 Å². The van der Waals surface area contributed by atoms with Gasteiger partial charge in [0.2, 0.25) is 0 Å². The standard InChI is InChI=1S/C28H24FN3O.C12H16/c1-3-6-27-26(28(33)32(19(2)31-27)24-15-13-23(29)14-16-24)17-20-9-11-21(12-10-20)25-8-5-4-7-22(25)18-30;1-3-7-11(8-4-1)12-9-5-2-6-10-12/h4-5,7-16H,3,6,17H2,1-2H3;1,3-4,7-8,12H,2,5-6,9-10H2. The first-order chi connectivity index (χ1) is 22.0. The molecule has 0 amide bonds. The topological polar surface area (TPSA) is 58.7 Å². The monoisotopic (exact) mass is 597 g/mol. The van der Waals surface area contributed by atoms with E-state index in [2.05, 4.69) is 43.3 Å². The maximum Gasteiger partial charge on any atom is 0.261 e. The van der Waals surface area contributed by atoms with Gasteiger partial charge in [0.15, 0.2) is 0 Å². The Balaban J connectivity index is 0.000000277. The summed E-state index contributed by atoms with van der Waals surface area (Å²) in [6, 6.07) is 34.5. The molecular formula is C40H40FN3O. The second-order valence-corrected chi connectivity index (χ2v) is 11.7. The number of halogens is 1. The normalized spacial score (nSPS) is 13.0. The van der Waals surface area contributed by atoms with Gasteiger partial charge in [0.05, 0.1) is 23.0 Å². The summed E-state index contributed by atoms with van der Waals surface area (Å²) < 4.78 is 15.0. The van der Waals surface area contributed by atoms with Gasteiger partial charge in [-0.3, -0.25) is 9.36 Å². The molecule has 5 heteroatoms.